The molecule has 0 spiro atoms. The van der Waals surface area contributed by atoms with E-state index in [1.165, 1.54) is 5.56 Å². The van der Waals surface area contributed by atoms with E-state index in [2.05, 4.69) is 58.0 Å². The third kappa shape index (κ3) is 6.22. The Morgan fingerprint density at radius 1 is 1.06 bits per heavy atom. The van der Waals surface area contributed by atoms with E-state index in [9.17, 15) is 4.79 Å². The van der Waals surface area contributed by atoms with Crippen molar-refractivity contribution < 1.29 is 4.79 Å². The van der Waals surface area contributed by atoms with E-state index < -0.39 is 0 Å². The Kier molecular flexibility index (Phi) is 7.84. The molecule has 2 aromatic rings. The van der Waals surface area contributed by atoms with Gasteiger partial charge in [0.05, 0.1) is 6.04 Å². The number of rotatable bonds is 6. The van der Waals surface area contributed by atoms with Crippen LogP contribution in [0.1, 0.15) is 30.0 Å². The highest BCUT2D eigenvalue weighted by atomic mass is 35.5. The Hall–Kier alpha value is -2.08. The minimum Gasteiger partial charge on any atom is -0.331 e. The molecule has 0 saturated carbocycles. The molecular weight excluding hydrogens is 408 g/mol. The van der Waals surface area contributed by atoms with Crippen LogP contribution in [0.5, 0.6) is 0 Å². The van der Waals surface area contributed by atoms with E-state index in [0.717, 1.165) is 75.7 Å². The van der Waals surface area contributed by atoms with Gasteiger partial charge in [-0.25, -0.2) is 4.79 Å². The molecule has 2 aliphatic rings. The highest BCUT2D eigenvalue weighted by Crippen LogP contribution is 2.31. The highest BCUT2D eigenvalue weighted by Gasteiger charge is 2.31. The standard InChI is InChI=1S/C25H33ClN4O/c26-23-10-8-21(9-11-23)24(28-25(31)30-17-13-27-14-18-30)22-7-4-15-29(19-22)16-12-20-5-2-1-3-6-20/h1-3,5-6,8-11,22,24,27H,4,7,12-19H2,(H,28,31)/t22-,24?/m1/s1. The second kappa shape index (κ2) is 11.0. The fourth-order valence-electron chi connectivity index (χ4n) is 4.73. The topological polar surface area (TPSA) is 47.6 Å². The number of carbonyl (C=O) groups excluding carboxylic acids is 1. The maximum Gasteiger partial charge on any atom is 0.317 e. The Morgan fingerprint density at radius 3 is 2.55 bits per heavy atom. The molecule has 2 saturated heterocycles. The Morgan fingerprint density at radius 2 is 1.81 bits per heavy atom. The minimum atomic E-state index is -0.000761. The molecular formula is C25H33ClN4O. The summed E-state index contributed by atoms with van der Waals surface area (Å²) in [4.78, 5) is 17.5. The lowest BCUT2D eigenvalue weighted by atomic mass is 9.86. The summed E-state index contributed by atoms with van der Waals surface area (Å²) < 4.78 is 0. The lowest BCUT2D eigenvalue weighted by Crippen LogP contribution is -2.52. The summed E-state index contributed by atoms with van der Waals surface area (Å²) in [5.74, 6) is 0.387. The van der Waals surface area contributed by atoms with Crippen LogP contribution >= 0.6 is 11.6 Å². The fourth-order valence-corrected chi connectivity index (χ4v) is 4.86. The van der Waals surface area contributed by atoms with Crippen LogP contribution in [0.4, 0.5) is 4.79 Å². The van der Waals surface area contributed by atoms with Gasteiger partial charge in [-0.2, -0.15) is 0 Å². The van der Waals surface area contributed by atoms with Crippen LogP contribution in [0.2, 0.25) is 5.02 Å². The first kappa shape index (κ1) is 22.1. The van der Waals surface area contributed by atoms with Crippen molar-refractivity contribution in [2.45, 2.75) is 25.3 Å². The van der Waals surface area contributed by atoms with E-state index in [1.54, 1.807) is 0 Å². The largest absolute Gasteiger partial charge is 0.331 e. The minimum absolute atomic E-state index is 0.000761. The number of amides is 2. The molecule has 166 valence electrons. The number of benzene rings is 2. The number of hydrogen-bond acceptors (Lipinski definition) is 3. The van der Waals surface area contributed by atoms with E-state index in [-0.39, 0.29) is 12.1 Å². The van der Waals surface area contributed by atoms with Crippen molar-refractivity contribution in [2.75, 3.05) is 45.8 Å². The molecule has 4 rings (SSSR count). The number of hydrogen-bond donors (Lipinski definition) is 2. The molecule has 6 heteroatoms. The molecule has 2 aromatic carbocycles. The summed E-state index contributed by atoms with van der Waals surface area (Å²) >= 11 is 6.14. The fraction of sp³-hybridized carbons (Fsp3) is 0.480. The van der Waals surface area contributed by atoms with Gasteiger partial charge in [-0.05, 0) is 55.0 Å². The van der Waals surface area contributed by atoms with Crippen LogP contribution in [0, 0.1) is 5.92 Å². The Bertz CT molecular complexity index is 823. The van der Waals surface area contributed by atoms with Gasteiger partial charge in [0, 0.05) is 44.3 Å². The molecule has 2 heterocycles. The van der Waals surface area contributed by atoms with Gasteiger partial charge in [0.1, 0.15) is 0 Å². The molecule has 31 heavy (non-hydrogen) atoms. The highest BCUT2D eigenvalue weighted by molar-refractivity contribution is 6.30. The quantitative estimate of drug-likeness (QED) is 0.715. The lowest BCUT2D eigenvalue weighted by Gasteiger charge is -2.39. The second-order valence-corrected chi connectivity index (χ2v) is 9.09. The predicted molar refractivity (Wildman–Crippen MR) is 126 cm³/mol. The van der Waals surface area contributed by atoms with Gasteiger partial charge in [0.25, 0.3) is 0 Å². The average Bonchev–Trinajstić information content (AvgIpc) is 2.83. The zero-order valence-electron chi connectivity index (χ0n) is 18.1. The Labute approximate surface area is 190 Å². The van der Waals surface area contributed by atoms with E-state index in [0.29, 0.717) is 5.92 Å². The van der Waals surface area contributed by atoms with Crippen LogP contribution in [0.3, 0.4) is 0 Å². The van der Waals surface area contributed by atoms with Gasteiger partial charge in [0.2, 0.25) is 0 Å². The number of urea groups is 1. The molecule has 2 aliphatic heterocycles. The summed E-state index contributed by atoms with van der Waals surface area (Å²) in [5.41, 5.74) is 2.52. The molecule has 2 amide bonds. The van der Waals surface area contributed by atoms with E-state index >= 15 is 0 Å². The normalized spacial score (nSPS) is 20.9. The first-order valence-corrected chi connectivity index (χ1v) is 11.8. The molecule has 2 fully saturated rings. The van der Waals surface area contributed by atoms with E-state index in [1.807, 2.05) is 17.0 Å². The lowest BCUT2D eigenvalue weighted by molar-refractivity contribution is 0.139. The first-order chi connectivity index (χ1) is 15.2. The van der Waals surface area contributed by atoms with Crippen molar-refractivity contribution in [1.29, 1.82) is 0 Å². The van der Waals surface area contributed by atoms with E-state index in [4.69, 9.17) is 11.6 Å². The van der Waals surface area contributed by atoms with Gasteiger partial charge in [0.15, 0.2) is 0 Å². The summed E-state index contributed by atoms with van der Waals surface area (Å²) in [6.45, 7) is 6.41. The van der Waals surface area contributed by atoms with Crippen molar-refractivity contribution in [3.63, 3.8) is 0 Å². The number of nitrogens with zero attached hydrogens (tertiary/aromatic N) is 2. The van der Waals surface area contributed by atoms with Gasteiger partial charge in [-0.15, -0.1) is 0 Å². The van der Waals surface area contributed by atoms with Gasteiger partial charge < -0.3 is 20.4 Å². The molecule has 2 atom stereocenters. The summed E-state index contributed by atoms with van der Waals surface area (Å²) in [6.07, 6.45) is 3.34. The summed E-state index contributed by atoms with van der Waals surface area (Å²) in [7, 11) is 0. The average molecular weight is 441 g/mol. The number of nitrogens with one attached hydrogen (secondary N) is 2. The summed E-state index contributed by atoms with van der Waals surface area (Å²) in [6, 6.07) is 18.7. The molecule has 1 unspecified atom stereocenters. The number of likely N-dealkylation sites (tertiary alicyclic amines) is 1. The predicted octanol–water partition coefficient (Wildman–Crippen LogP) is 3.95. The van der Waals surface area contributed by atoms with Crippen LogP contribution < -0.4 is 10.6 Å². The first-order valence-electron chi connectivity index (χ1n) is 11.5. The maximum absolute atomic E-state index is 13.0. The molecule has 2 N–H and O–H groups in total. The van der Waals surface area contributed by atoms with Crippen molar-refractivity contribution in [3.05, 3.63) is 70.7 Å². The summed E-state index contributed by atoms with van der Waals surface area (Å²) in [5, 5.41) is 7.42. The van der Waals surface area contributed by atoms with Crippen molar-refractivity contribution >= 4 is 17.6 Å². The smallest absolute Gasteiger partial charge is 0.317 e. The zero-order valence-corrected chi connectivity index (χ0v) is 18.9. The van der Waals surface area contributed by atoms with Gasteiger partial charge in [-0.1, -0.05) is 54.1 Å². The van der Waals surface area contributed by atoms with Crippen LogP contribution in [-0.4, -0.2) is 61.6 Å². The second-order valence-electron chi connectivity index (χ2n) is 8.65. The third-order valence-corrected chi connectivity index (χ3v) is 6.74. The molecule has 0 aromatic heterocycles. The van der Waals surface area contributed by atoms with Crippen LogP contribution in [0.25, 0.3) is 0 Å². The van der Waals surface area contributed by atoms with Gasteiger partial charge in [-0.3, -0.25) is 0 Å². The van der Waals surface area contributed by atoms with Crippen molar-refractivity contribution in [3.8, 4) is 0 Å². The zero-order chi connectivity index (χ0) is 21.5. The van der Waals surface area contributed by atoms with Crippen molar-refractivity contribution in [1.82, 2.24) is 20.4 Å². The maximum atomic E-state index is 13.0. The molecule has 0 aliphatic carbocycles. The number of piperazine rings is 1. The van der Waals surface area contributed by atoms with Gasteiger partial charge >= 0.3 is 6.03 Å². The monoisotopic (exact) mass is 440 g/mol. The number of piperidine rings is 1. The number of carbonyl (C=O) groups is 1. The third-order valence-electron chi connectivity index (χ3n) is 6.49. The Balaban J connectivity index is 1.44. The molecule has 5 nitrogen and oxygen atoms in total. The number of halogens is 1. The molecule has 0 radical (unpaired) electrons. The van der Waals surface area contributed by atoms with Crippen LogP contribution in [-0.2, 0) is 6.42 Å². The molecule has 0 bridgehead atoms. The van der Waals surface area contributed by atoms with Crippen molar-refractivity contribution in [2.24, 2.45) is 5.92 Å². The SMILES string of the molecule is O=C(NC(c1ccc(Cl)cc1)[C@@H]1CCCN(CCc2ccccc2)C1)N1CCNCC1. The van der Waals surface area contributed by atoms with Crippen LogP contribution in [0.15, 0.2) is 54.6 Å².